The van der Waals surface area contributed by atoms with Crippen molar-refractivity contribution in [3.63, 3.8) is 0 Å². The molecule has 0 saturated heterocycles. The molecule has 128 valence electrons. The Balaban J connectivity index is 1.77. The van der Waals surface area contributed by atoms with E-state index >= 15 is 0 Å². The van der Waals surface area contributed by atoms with E-state index in [9.17, 15) is 13.2 Å². The molecule has 0 bridgehead atoms. The van der Waals surface area contributed by atoms with Gasteiger partial charge in [0.2, 0.25) is 15.9 Å². The molecular weight excluding hydrogens is 328 g/mol. The Morgan fingerprint density at radius 3 is 2.88 bits per heavy atom. The van der Waals surface area contributed by atoms with Crippen LogP contribution in [0.3, 0.4) is 0 Å². The third kappa shape index (κ3) is 3.34. The SMILES string of the molecule is CC(=O)N1CCc2cc(S(=O)(=O)NC(C)Cn3cccn3)ccc21. The van der Waals surface area contributed by atoms with Gasteiger partial charge in [0.25, 0.3) is 0 Å². The van der Waals surface area contributed by atoms with Crippen molar-refractivity contribution in [1.82, 2.24) is 14.5 Å². The average Bonchev–Trinajstić information content (AvgIpc) is 3.14. The summed E-state index contributed by atoms with van der Waals surface area (Å²) in [6.07, 6.45) is 4.11. The minimum Gasteiger partial charge on any atom is -0.312 e. The molecule has 8 heteroatoms. The van der Waals surface area contributed by atoms with Crippen molar-refractivity contribution in [2.24, 2.45) is 0 Å². The molecule has 24 heavy (non-hydrogen) atoms. The lowest BCUT2D eigenvalue weighted by molar-refractivity contribution is -0.116. The van der Waals surface area contributed by atoms with Gasteiger partial charge in [-0.3, -0.25) is 9.48 Å². The summed E-state index contributed by atoms with van der Waals surface area (Å²) < 4.78 is 29.5. The second kappa shape index (κ2) is 6.37. The molecule has 0 spiro atoms. The van der Waals surface area contributed by atoms with Crippen LogP contribution in [0.15, 0.2) is 41.6 Å². The summed E-state index contributed by atoms with van der Waals surface area (Å²) in [4.78, 5) is 13.5. The van der Waals surface area contributed by atoms with Crippen molar-refractivity contribution in [2.45, 2.75) is 37.8 Å². The van der Waals surface area contributed by atoms with Gasteiger partial charge in [0, 0.05) is 37.6 Å². The molecule has 0 radical (unpaired) electrons. The maximum atomic E-state index is 12.6. The van der Waals surface area contributed by atoms with Gasteiger partial charge < -0.3 is 4.90 Å². The summed E-state index contributed by atoms with van der Waals surface area (Å²) in [6, 6.07) is 6.40. The number of sulfonamides is 1. The average molecular weight is 348 g/mol. The van der Waals surface area contributed by atoms with E-state index in [1.807, 2.05) is 0 Å². The van der Waals surface area contributed by atoms with Crippen molar-refractivity contribution >= 4 is 21.6 Å². The molecule has 7 nitrogen and oxygen atoms in total. The van der Waals surface area contributed by atoms with E-state index in [1.54, 1.807) is 53.2 Å². The highest BCUT2D eigenvalue weighted by atomic mass is 32.2. The van der Waals surface area contributed by atoms with Crippen LogP contribution < -0.4 is 9.62 Å². The zero-order valence-corrected chi connectivity index (χ0v) is 14.5. The molecule has 1 amide bonds. The number of anilines is 1. The Hall–Kier alpha value is -2.19. The molecule has 2 heterocycles. The van der Waals surface area contributed by atoms with Crippen LogP contribution in [-0.4, -0.2) is 36.7 Å². The topological polar surface area (TPSA) is 84.3 Å². The predicted octanol–water partition coefficient (Wildman–Crippen LogP) is 1.16. The predicted molar refractivity (Wildman–Crippen MR) is 90.2 cm³/mol. The number of carbonyl (C=O) groups excluding carboxylic acids is 1. The molecule has 0 saturated carbocycles. The summed E-state index contributed by atoms with van der Waals surface area (Å²) in [5.74, 6) is -0.0321. The van der Waals surface area contributed by atoms with E-state index in [0.717, 1.165) is 11.3 Å². The largest absolute Gasteiger partial charge is 0.312 e. The smallest absolute Gasteiger partial charge is 0.240 e. The number of hydrogen-bond donors (Lipinski definition) is 1. The first kappa shape index (κ1) is 16.7. The summed E-state index contributed by atoms with van der Waals surface area (Å²) in [5, 5.41) is 4.08. The molecule has 1 aromatic heterocycles. The van der Waals surface area contributed by atoms with Crippen LogP contribution in [-0.2, 0) is 27.8 Å². The number of nitrogens with zero attached hydrogens (tertiary/aromatic N) is 3. The number of benzene rings is 1. The van der Waals surface area contributed by atoms with Crippen LogP contribution in [0.25, 0.3) is 0 Å². The highest BCUT2D eigenvalue weighted by Crippen LogP contribution is 2.30. The summed E-state index contributed by atoms with van der Waals surface area (Å²) >= 11 is 0. The first-order chi connectivity index (χ1) is 11.4. The number of fused-ring (bicyclic) bond motifs is 1. The van der Waals surface area contributed by atoms with E-state index in [0.29, 0.717) is 19.5 Å². The van der Waals surface area contributed by atoms with Crippen molar-refractivity contribution in [3.8, 4) is 0 Å². The maximum Gasteiger partial charge on any atom is 0.240 e. The highest BCUT2D eigenvalue weighted by Gasteiger charge is 2.25. The van der Waals surface area contributed by atoms with E-state index in [-0.39, 0.29) is 16.8 Å². The lowest BCUT2D eigenvalue weighted by atomic mass is 10.2. The standard InChI is InChI=1S/C16H20N4O3S/c1-12(11-19-8-3-7-17-19)18-24(22,23)15-4-5-16-14(10-15)6-9-20(16)13(2)21/h3-5,7-8,10,12,18H,6,9,11H2,1-2H3. The van der Waals surface area contributed by atoms with E-state index in [2.05, 4.69) is 9.82 Å². The second-order valence-electron chi connectivity index (χ2n) is 5.96. The van der Waals surface area contributed by atoms with Gasteiger partial charge in [-0.25, -0.2) is 13.1 Å². The second-order valence-corrected chi connectivity index (χ2v) is 7.68. The fraction of sp³-hybridized carbons (Fsp3) is 0.375. The molecule has 1 aliphatic heterocycles. The van der Waals surface area contributed by atoms with Crippen molar-refractivity contribution in [3.05, 3.63) is 42.2 Å². The van der Waals surface area contributed by atoms with Gasteiger partial charge in [0.1, 0.15) is 0 Å². The van der Waals surface area contributed by atoms with Crippen LogP contribution in [0, 0.1) is 0 Å². The summed E-state index contributed by atoms with van der Waals surface area (Å²) in [6.45, 7) is 4.36. The number of nitrogens with one attached hydrogen (secondary N) is 1. The van der Waals surface area contributed by atoms with Crippen LogP contribution >= 0.6 is 0 Å². The molecule has 1 N–H and O–H groups in total. The lowest BCUT2D eigenvalue weighted by Gasteiger charge is -2.16. The van der Waals surface area contributed by atoms with E-state index < -0.39 is 10.0 Å². The highest BCUT2D eigenvalue weighted by molar-refractivity contribution is 7.89. The molecule has 3 rings (SSSR count). The van der Waals surface area contributed by atoms with Crippen LogP contribution in [0.1, 0.15) is 19.4 Å². The normalized spacial score (nSPS) is 15.3. The number of rotatable bonds is 5. The van der Waals surface area contributed by atoms with Crippen molar-refractivity contribution in [2.75, 3.05) is 11.4 Å². The minimum atomic E-state index is -3.62. The molecule has 1 aromatic carbocycles. The summed E-state index contributed by atoms with van der Waals surface area (Å²) in [7, 11) is -3.62. The van der Waals surface area contributed by atoms with Gasteiger partial charge in [0.15, 0.2) is 0 Å². The number of hydrogen-bond acceptors (Lipinski definition) is 4. The molecule has 2 aromatic rings. The zero-order chi connectivity index (χ0) is 17.3. The van der Waals surface area contributed by atoms with Crippen LogP contribution in [0.4, 0.5) is 5.69 Å². The monoisotopic (exact) mass is 348 g/mol. The van der Waals surface area contributed by atoms with E-state index in [4.69, 9.17) is 0 Å². The van der Waals surface area contributed by atoms with Crippen molar-refractivity contribution < 1.29 is 13.2 Å². The number of carbonyl (C=O) groups is 1. The Labute approximate surface area is 141 Å². The fourth-order valence-electron chi connectivity index (χ4n) is 2.93. The molecule has 1 atom stereocenters. The van der Waals surface area contributed by atoms with Crippen molar-refractivity contribution in [1.29, 1.82) is 0 Å². The minimum absolute atomic E-state index is 0.0321. The zero-order valence-electron chi connectivity index (χ0n) is 13.6. The maximum absolute atomic E-state index is 12.6. The molecular formula is C16H20N4O3S. The fourth-order valence-corrected chi connectivity index (χ4v) is 4.22. The Morgan fingerprint density at radius 1 is 1.42 bits per heavy atom. The van der Waals surface area contributed by atoms with Gasteiger partial charge in [-0.15, -0.1) is 0 Å². The third-order valence-electron chi connectivity index (χ3n) is 4.01. The Bertz CT molecular complexity index is 846. The Kier molecular flexibility index (Phi) is 4.42. The van der Waals surface area contributed by atoms with Gasteiger partial charge in [-0.05, 0) is 43.2 Å². The Morgan fingerprint density at radius 2 is 2.21 bits per heavy atom. The van der Waals surface area contributed by atoms with Crippen LogP contribution in [0.5, 0.6) is 0 Å². The van der Waals surface area contributed by atoms with Gasteiger partial charge in [0.05, 0.1) is 11.4 Å². The van der Waals surface area contributed by atoms with Gasteiger partial charge in [-0.2, -0.15) is 5.10 Å². The number of aromatic nitrogens is 2. The first-order valence-electron chi connectivity index (χ1n) is 7.77. The summed E-state index contributed by atoms with van der Waals surface area (Å²) in [5.41, 5.74) is 1.68. The third-order valence-corrected chi connectivity index (χ3v) is 5.60. The van der Waals surface area contributed by atoms with Crippen LogP contribution in [0.2, 0.25) is 0 Å². The molecule has 1 aliphatic rings. The first-order valence-corrected chi connectivity index (χ1v) is 9.26. The molecule has 0 aliphatic carbocycles. The lowest BCUT2D eigenvalue weighted by Crippen LogP contribution is -2.35. The quantitative estimate of drug-likeness (QED) is 0.879. The van der Waals surface area contributed by atoms with Gasteiger partial charge >= 0.3 is 0 Å². The molecule has 0 fully saturated rings. The number of amides is 1. The van der Waals surface area contributed by atoms with Gasteiger partial charge in [-0.1, -0.05) is 0 Å². The molecule has 1 unspecified atom stereocenters. The van der Waals surface area contributed by atoms with E-state index in [1.165, 1.54) is 6.92 Å².